The Balaban J connectivity index is 1.75. The van der Waals surface area contributed by atoms with Gasteiger partial charge in [-0.3, -0.25) is 0 Å². The van der Waals surface area contributed by atoms with Crippen LogP contribution in [-0.4, -0.2) is 18.7 Å². The zero-order valence-electron chi connectivity index (χ0n) is 16.3. The summed E-state index contributed by atoms with van der Waals surface area (Å²) in [7, 11) is 0. The molecule has 7 nitrogen and oxygen atoms in total. The van der Waals surface area contributed by atoms with Crippen LogP contribution in [0.3, 0.4) is 0 Å². The van der Waals surface area contributed by atoms with Gasteiger partial charge in [-0.25, -0.2) is 14.4 Å². The van der Waals surface area contributed by atoms with E-state index in [0.717, 1.165) is 5.39 Å². The molecule has 0 atom stereocenters. The summed E-state index contributed by atoms with van der Waals surface area (Å²) in [4.78, 5) is 36.3. The fourth-order valence-corrected chi connectivity index (χ4v) is 3.14. The summed E-state index contributed by atoms with van der Waals surface area (Å²) in [5, 5.41) is 1.27. The molecule has 7 heteroatoms. The molecule has 0 N–H and O–H groups in total. The Morgan fingerprint density at radius 1 is 0.933 bits per heavy atom. The lowest BCUT2D eigenvalue weighted by molar-refractivity contribution is -0.149. The van der Waals surface area contributed by atoms with Crippen LogP contribution >= 0.6 is 0 Å². The first kappa shape index (κ1) is 19.4. The van der Waals surface area contributed by atoms with Crippen molar-refractivity contribution in [3.8, 4) is 16.9 Å². The summed E-state index contributed by atoms with van der Waals surface area (Å²) < 4.78 is 21.1. The average molecular weight is 406 g/mol. The molecule has 0 unspecified atom stereocenters. The Kier molecular flexibility index (Phi) is 5.10. The quantitative estimate of drug-likeness (QED) is 0.366. The van der Waals surface area contributed by atoms with E-state index in [9.17, 15) is 14.4 Å². The average Bonchev–Trinajstić information content (AvgIpc) is 2.70. The fraction of sp³-hybridized carbons (Fsp3) is 0.174. The van der Waals surface area contributed by atoms with Crippen molar-refractivity contribution in [2.45, 2.75) is 20.0 Å². The topological polar surface area (TPSA) is 96.0 Å². The van der Waals surface area contributed by atoms with E-state index in [-0.39, 0.29) is 23.9 Å². The maximum atomic E-state index is 12.5. The molecule has 0 aliphatic carbocycles. The van der Waals surface area contributed by atoms with Gasteiger partial charge in [0.25, 0.3) is 0 Å². The van der Waals surface area contributed by atoms with Crippen LogP contribution in [-0.2, 0) is 9.53 Å². The third-order valence-corrected chi connectivity index (χ3v) is 4.37. The van der Waals surface area contributed by atoms with Gasteiger partial charge in [0.05, 0.1) is 11.7 Å². The normalized spacial score (nSPS) is 11.2. The minimum absolute atomic E-state index is 0.222. The maximum absolute atomic E-state index is 12.5. The number of hydrogen-bond acceptors (Lipinski definition) is 7. The Morgan fingerprint density at radius 2 is 1.73 bits per heavy atom. The third-order valence-electron chi connectivity index (χ3n) is 4.37. The first-order valence-electron chi connectivity index (χ1n) is 9.34. The van der Waals surface area contributed by atoms with Crippen molar-refractivity contribution < 1.29 is 23.1 Å². The molecule has 0 spiro atoms. The van der Waals surface area contributed by atoms with Gasteiger partial charge in [0, 0.05) is 28.5 Å². The second-order valence-corrected chi connectivity index (χ2v) is 6.95. The summed E-state index contributed by atoms with van der Waals surface area (Å²) in [5.74, 6) is -0.178. The predicted molar refractivity (Wildman–Crippen MR) is 111 cm³/mol. The molecular formula is C23H18O7. The molecule has 2 aromatic carbocycles. The third kappa shape index (κ3) is 3.96. The summed E-state index contributed by atoms with van der Waals surface area (Å²) in [6, 6.07) is 14.8. The molecule has 2 aromatic heterocycles. The smallest absolute Gasteiger partial charge is 0.344 e. The summed E-state index contributed by atoms with van der Waals surface area (Å²) in [5.41, 5.74) is 0.147. The highest BCUT2D eigenvalue weighted by atomic mass is 16.6. The number of hydrogen-bond donors (Lipinski definition) is 0. The van der Waals surface area contributed by atoms with Crippen molar-refractivity contribution in [1.29, 1.82) is 0 Å². The number of ether oxygens (including phenoxy) is 2. The minimum atomic E-state index is -0.624. The van der Waals surface area contributed by atoms with Gasteiger partial charge in [-0.05, 0) is 38.1 Å². The molecule has 0 fully saturated rings. The van der Waals surface area contributed by atoms with Crippen LogP contribution in [0.2, 0.25) is 0 Å². The molecule has 0 aliphatic heterocycles. The summed E-state index contributed by atoms with van der Waals surface area (Å²) in [6.45, 7) is 3.21. The monoisotopic (exact) mass is 406 g/mol. The fourth-order valence-electron chi connectivity index (χ4n) is 3.14. The van der Waals surface area contributed by atoms with Crippen LogP contribution in [0.15, 0.2) is 73.0 Å². The van der Waals surface area contributed by atoms with Gasteiger partial charge in [0.15, 0.2) is 6.61 Å². The van der Waals surface area contributed by atoms with E-state index >= 15 is 0 Å². The van der Waals surface area contributed by atoms with Crippen LogP contribution in [0.25, 0.3) is 33.1 Å². The molecule has 30 heavy (non-hydrogen) atoms. The highest BCUT2D eigenvalue weighted by Gasteiger charge is 2.15. The second-order valence-electron chi connectivity index (χ2n) is 6.95. The van der Waals surface area contributed by atoms with Gasteiger partial charge in [-0.1, -0.05) is 18.2 Å². The second kappa shape index (κ2) is 7.87. The van der Waals surface area contributed by atoms with E-state index in [2.05, 4.69) is 0 Å². The molecule has 0 radical (unpaired) electrons. The molecule has 0 amide bonds. The predicted octanol–water partition coefficient (Wildman–Crippen LogP) is 3.90. The summed E-state index contributed by atoms with van der Waals surface area (Å²) >= 11 is 0. The number of rotatable bonds is 5. The molecule has 4 aromatic rings. The molecule has 0 bridgehead atoms. The van der Waals surface area contributed by atoms with Gasteiger partial charge in [-0.15, -0.1) is 0 Å². The van der Waals surface area contributed by atoms with Gasteiger partial charge in [-0.2, -0.15) is 0 Å². The Bertz CT molecular complexity index is 1360. The van der Waals surface area contributed by atoms with Gasteiger partial charge in [0.1, 0.15) is 16.9 Å². The van der Waals surface area contributed by atoms with E-state index < -0.39 is 17.2 Å². The van der Waals surface area contributed by atoms with Gasteiger partial charge < -0.3 is 18.3 Å². The van der Waals surface area contributed by atoms with Crippen LogP contribution in [0.1, 0.15) is 13.8 Å². The van der Waals surface area contributed by atoms with Crippen molar-refractivity contribution in [1.82, 2.24) is 0 Å². The maximum Gasteiger partial charge on any atom is 0.344 e. The van der Waals surface area contributed by atoms with Crippen molar-refractivity contribution in [3.05, 3.63) is 75.4 Å². The number of carbonyl (C=O) groups excluding carboxylic acids is 1. The van der Waals surface area contributed by atoms with Crippen LogP contribution in [0.4, 0.5) is 0 Å². The first-order chi connectivity index (χ1) is 14.4. The lowest BCUT2D eigenvalue weighted by Gasteiger charge is -2.10. The Hall–Kier alpha value is -3.87. The number of esters is 1. The number of fused-ring (bicyclic) bond motifs is 2. The van der Waals surface area contributed by atoms with Crippen molar-refractivity contribution in [2.75, 3.05) is 6.61 Å². The highest BCUT2D eigenvalue weighted by Crippen LogP contribution is 2.29. The Labute approximate surface area is 170 Å². The largest absolute Gasteiger partial charge is 0.482 e. The molecule has 2 heterocycles. The molecule has 0 saturated heterocycles. The van der Waals surface area contributed by atoms with Crippen molar-refractivity contribution in [3.63, 3.8) is 0 Å². The lowest BCUT2D eigenvalue weighted by Crippen LogP contribution is -2.18. The Morgan fingerprint density at radius 3 is 2.53 bits per heavy atom. The van der Waals surface area contributed by atoms with E-state index in [1.807, 2.05) is 12.1 Å². The zero-order valence-corrected chi connectivity index (χ0v) is 16.3. The molecule has 152 valence electrons. The van der Waals surface area contributed by atoms with Gasteiger partial charge in [0.2, 0.25) is 0 Å². The standard InChI is InChI=1S/C23H18O7/c1-13(2)28-22(25)12-27-15-7-8-16-17(11-21(24)29-20(16)10-15)18-9-14-5-3-4-6-19(14)30-23(18)26/h3-11,13H,12H2,1-2H3. The van der Waals surface area contributed by atoms with Crippen LogP contribution in [0.5, 0.6) is 5.75 Å². The van der Waals surface area contributed by atoms with Crippen molar-refractivity contribution >= 4 is 27.9 Å². The number of para-hydroxylation sites is 1. The SMILES string of the molecule is CC(C)OC(=O)COc1ccc2c(-c3cc4ccccc4oc3=O)cc(=O)oc2c1. The van der Waals surface area contributed by atoms with Crippen molar-refractivity contribution in [2.24, 2.45) is 0 Å². The minimum Gasteiger partial charge on any atom is -0.482 e. The zero-order chi connectivity index (χ0) is 21.3. The molecule has 0 saturated carbocycles. The van der Waals surface area contributed by atoms with E-state index in [4.69, 9.17) is 18.3 Å². The van der Waals surface area contributed by atoms with Crippen LogP contribution < -0.4 is 16.0 Å². The highest BCUT2D eigenvalue weighted by molar-refractivity contribution is 5.95. The van der Waals surface area contributed by atoms with Gasteiger partial charge >= 0.3 is 17.2 Å². The number of benzene rings is 2. The number of carbonyl (C=O) groups is 1. The lowest BCUT2D eigenvalue weighted by atomic mass is 10.0. The molecule has 0 aliphatic rings. The molecule has 4 rings (SSSR count). The van der Waals surface area contributed by atoms with E-state index in [1.54, 1.807) is 44.2 Å². The summed E-state index contributed by atoms with van der Waals surface area (Å²) in [6.07, 6.45) is -0.244. The van der Waals surface area contributed by atoms with Crippen LogP contribution in [0, 0.1) is 0 Å². The van der Waals surface area contributed by atoms with E-state index in [0.29, 0.717) is 22.3 Å². The first-order valence-corrected chi connectivity index (χ1v) is 9.34. The van der Waals surface area contributed by atoms with E-state index in [1.165, 1.54) is 12.1 Å². The molecular weight excluding hydrogens is 388 g/mol.